The van der Waals surface area contributed by atoms with E-state index >= 15 is 0 Å². The third kappa shape index (κ3) is 5.13. The fourth-order valence-corrected chi connectivity index (χ4v) is 4.92. The Morgan fingerprint density at radius 1 is 1.21 bits per heavy atom. The quantitative estimate of drug-likeness (QED) is 0.479. The number of hydrogen-bond acceptors (Lipinski definition) is 6. The number of carbonyl (C=O) groups is 3. The molecule has 2 amide bonds. The molecule has 9 heteroatoms. The molecule has 1 aliphatic heterocycles. The molecule has 0 fully saturated rings. The predicted molar refractivity (Wildman–Crippen MR) is 127 cm³/mol. The van der Waals surface area contributed by atoms with Gasteiger partial charge in [-0.05, 0) is 43.5 Å². The van der Waals surface area contributed by atoms with Crippen LogP contribution in [0.25, 0.3) is 0 Å². The van der Waals surface area contributed by atoms with Gasteiger partial charge in [-0.15, -0.1) is 0 Å². The Morgan fingerprint density at radius 2 is 1.85 bits per heavy atom. The molecule has 1 aliphatic rings. The summed E-state index contributed by atoms with van der Waals surface area (Å²) in [5, 5.41) is 15.4. The number of amides is 2. The third-order valence-electron chi connectivity index (χ3n) is 5.51. The summed E-state index contributed by atoms with van der Waals surface area (Å²) >= 11 is 0.940. The second-order valence-electron chi connectivity index (χ2n) is 7.95. The van der Waals surface area contributed by atoms with Gasteiger partial charge in [-0.25, -0.2) is 4.39 Å². The number of benzene rings is 2. The van der Waals surface area contributed by atoms with Crippen LogP contribution in [0.5, 0.6) is 0 Å². The van der Waals surface area contributed by atoms with Gasteiger partial charge in [0.15, 0.2) is 0 Å². The highest BCUT2D eigenvalue weighted by atomic mass is 32.2. The first-order valence-corrected chi connectivity index (χ1v) is 11.4. The number of nitriles is 1. The lowest BCUT2D eigenvalue weighted by atomic mass is 9.78. The first kappa shape index (κ1) is 25.0. The van der Waals surface area contributed by atoms with Crippen molar-refractivity contribution in [2.24, 2.45) is 5.92 Å². The summed E-state index contributed by atoms with van der Waals surface area (Å²) in [5.41, 5.74) is 3.63. The minimum absolute atomic E-state index is 0.0133. The number of esters is 1. The summed E-state index contributed by atoms with van der Waals surface area (Å²) in [6, 6.07) is 11.6. The van der Waals surface area contributed by atoms with Gasteiger partial charge in [-0.3, -0.25) is 14.4 Å². The molecule has 176 valence electrons. The van der Waals surface area contributed by atoms with E-state index in [1.165, 1.54) is 18.2 Å². The number of nitrogens with zero attached hydrogens (tertiary/aromatic N) is 1. The number of allylic oxidation sites excluding steroid dienone is 1. The summed E-state index contributed by atoms with van der Waals surface area (Å²) in [6.07, 6.45) is 0. The van der Waals surface area contributed by atoms with Crippen molar-refractivity contribution in [1.82, 2.24) is 5.32 Å². The summed E-state index contributed by atoms with van der Waals surface area (Å²) in [7, 11) is 1.12. The zero-order chi connectivity index (χ0) is 25.0. The van der Waals surface area contributed by atoms with E-state index in [1.807, 2.05) is 39.0 Å². The second-order valence-corrected chi connectivity index (χ2v) is 8.94. The van der Waals surface area contributed by atoms with Crippen LogP contribution in [0.3, 0.4) is 0 Å². The Kier molecular flexibility index (Phi) is 7.74. The van der Waals surface area contributed by atoms with Crippen LogP contribution in [0.4, 0.5) is 10.1 Å². The van der Waals surface area contributed by atoms with Crippen molar-refractivity contribution in [3.63, 3.8) is 0 Å². The van der Waals surface area contributed by atoms with Gasteiger partial charge < -0.3 is 15.4 Å². The smallest absolute Gasteiger partial charge is 0.319 e. The van der Waals surface area contributed by atoms with Gasteiger partial charge >= 0.3 is 5.97 Å². The molecule has 34 heavy (non-hydrogen) atoms. The molecule has 0 aliphatic carbocycles. The van der Waals surface area contributed by atoms with Crippen LogP contribution in [0.2, 0.25) is 0 Å². The van der Waals surface area contributed by atoms with Crippen molar-refractivity contribution >= 4 is 35.2 Å². The van der Waals surface area contributed by atoms with E-state index in [9.17, 15) is 24.0 Å². The van der Waals surface area contributed by atoms with Crippen molar-refractivity contribution < 1.29 is 23.5 Å². The molecule has 0 unspecified atom stereocenters. The highest BCUT2D eigenvalue weighted by Gasteiger charge is 2.45. The molecule has 2 aromatic rings. The molecule has 0 saturated carbocycles. The third-order valence-corrected chi connectivity index (χ3v) is 6.53. The summed E-state index contributed by atoms with van der Waals surface area (Å²) in [5.74, 6) is -5.33. The highest BCUT2D eigenvalue weighted by molar-refractivity contribution is 8.03. The Bertz CT molecular complexity index is 1210. The lowest BCUT2D eigenvalue weighted by molar-refractivity contribution is -0.150. The van der Waals surface area contributed by atoms with Crippen molar-refractivity contribution in [1.29, 1.82) is 5.26 Å². The molecule has 0 saturated heterocycles. The van der Waals surface area contributed by atoms with Crippen LogP contribution in [0, 0.1) is 43.8 Å². The number of ether oxygens (including phenoxy) is 1. The van der Waals surface area contributed by atoms with Gasteiger partial charge in [0, 0.05) is 11.6 Å². The average Bonchev–Trinajstić information content (AvgIpc) is 2.79. The van der Waals surface area contributed by atoms with E-state index < -0.39 is 29.5 Å². The number of methoxy groups -OCH3 is 1. The second kappa shape index (κ2) is 10.5. The number of anilines is 1. The molecule has 2 N–H and O–H groups in total. The van der Waals surface area contributed by atoms with Gasteiger partial charge in [0.2, 0.25) is 11.8 Å². The minimum Gasteiger partial charge on any atom is -0.468 e. The van der Waals surface area contributed by atoms with Crippen LogP contribution in [-0.2, 0) is 19.1 Å². The standard InChI is InChI=1S/C25H24FN3O4S/c1-13-9-14(2)22(15(3)10-13)28-19(30)12-34-24-17(11-27)20(16-7-5-6-8-18(16)26)21(23(31)29-24)25(32)33-4/h5-10,20-21H,12H2,1-4H3,(H,28,30)(H,29,31)/t20-,21-/m1/s1. The maximum atomic E-state index is 14.7. The summed E-state index contributed by atoms with van der Waals surface area (Å²) < 4.78 is 19.4. The molecule has 7 nitrogen and oxygen atoms in total. The van der Waals surface area contributed by atoms with Crippen molar-refractivity contribution in [2.45, 2.75) is 26.7 Å². The largest absolute Gasteiger partial charge is 0.468 e. The molecule has 0 aromatic heterocycles. The molecular weight excluding hydrogens is 457 g/mol. The molecule has 0 bridgehead atoms. The molecule has 3 rings (SSSR count). The number of hydrogen-bond donors (Lipinski definition) is 2. The van der Waals surface area contributed by atoms with E-state index in [0.29, 0.717) is 5.69 Å². The van der Waals surface area contributed by atoms with Gasteiger partial charge in [-0.1, -0.05) is 47.7 Å². The van der Waals surface area contributed by atoms with Crippen LogP contribution in [0.1, 0.15) is 28.2 Å². The number of halogens is 1. The molecule has 0 radical (unpaired) electrons. The number of carbonyl (C=O) groups excluding carboxylic acids is 3. The number of rotatable bonds is 6. The fraction of sp³-hybridized carbons (Fsp3) is 0.280. The van der Waals surface area contributed by atoms with Gasteiger partial charge in [0.1, 0.15) is 11.7 Å². The summed E-state index contributed by atoms with van der Waals surface area (Å²) in [4.78, 5) is 37.9. The monoisotopic (exact) mass is 481 g/mol. The van der Waals surface area contributed by atoms with Crippen LogP contribution >= 0.6 is 11.8 Å². The fourth-order valence-electron chi connectivity index (χ4n) is 4.07. The Morgan fingerprint density at radius 3 is 2.44 bits per heavy atom. The molecule has 2 aromatic carbocycles. The van der Waals surface area contributed by atoms with Gasteiger partial charge in [0.25, 0.3) is 0 Å². The Balaban J connectivity index is 1.91. The van der Waals surface area contributed by atoms with Crippen molar-refractivity contribution in [3.05, 3.63) is 75.1 Å². The van der Waals surface area contributed by atoms with Crippen LogP contribution in [-0.4, -0.2) is 30.6 Å². The van der Waals surface area contributed by atoms with Crippen molar-refractivity contribution in [3.8, 4) is 6.07 Å². The Hall–Kier alpha value is -3.64. The van der Waals surface area contributed by atoms with Crippen molar-refractivity contribution in [2.75, 3.05) is 18.2 Å². The van der Waals surface area contributed by atoms with E-state index in [2.05, 4.69) is 10.6 Å². The SMILES string of the molecule is COC(=O)[C@H]1C(=O)NC(SCC(=O)Nc2c(C)cc(C)cc2C)=C(C#N)[C@H]1c1ccccc1F. The zero-order valence-corrected chi connectivity index (χ0v) is 20.0. The lowest BCUT2D eigenvalue weighted by Crippen LogP contribution is -2.44. The van der Waals surface area contributed by atoms with Gasteiger partial charge in [0.05, 0.1) is 29.5 Å². The van der Waals surface area contributed by atoms with E-state index in [0.717, 1.165) is 35.6 Å². The van der Waals surface area contributed by atoms with Crippen LogP contribution < -0.4 is 10.6 Å². The minimum atomic E-state index is -1.44. The topological polar surface area (TPSA) is 108 Å². The maximum Gasteiger partial charge on any atom is 0.319 e. The molecule has 1 heterocycles. The number of aryl methyl sites for hydroxylation is 3. The lowest BCUT2D eigenvalue weighted by Gasteiger charge is -2.31. The maximum absolute atomic E-state index is 14.7. The number of thioether (sulfide) groups is 1. The average molecular weight is 482 g/mol. The van der Waals surface area contributed by atoms with E-state index in [4.69, 9.17) is 4.74 Å². The first-order chi connectivity index (χ1) is 16.2. The molecule has 0 spiro atoms. The first-order valence-electron chi connectivity index (χ1n) is 10.5. The predicted octanol–water partition coefficient (Wildman–Crippen LogP) is 3.86. The normalized spacial score (nSPS) is 17.6. The highest BCUT2D eigenvalue weighted by Crippen LogP contribution is 2.41. The van der Waals surface area contributed by atoms with Crippen LogP contribution in [0.15, 0.2) is 47.0 Å². The number of nitrogens with one attached hydrogen (secondary N) is 2. The molecular formula is C25H24FN3O4S. The molecule has 2 atom stereocenters. The van der Waals surface area contributed by atoms with Gasteiger partial charge in [-0.2, -0.15) is 5.26 Å². The summed E-state index contributed by atoms with van der Waals surface area (Å²) in [6.45, 7) is 5.76. The van der Waals surface area contributed by atoms with E-state index in [1.54, 1.807) is 6.07 Å². The Labute approximate surface area is 201 Å². The zero-order valence-electron chi connectivity index (χ0n) is 19.2. The van der Waals surface area contributed by atoms with E-state index in [-0.39, 0.29) is 27.8 Å².